The van der Waals surface area contributed by atoms with Crippen LogP contribution in [0.5, 0.6) is 0 Å². The number of aromatic nitrogens is 1. The first-order valence-corrected chi connectivity index (χ1v) is 4.99. The normalized spacial score (nSPS) is 10.3. The predicted octanol–water partition coefficient (Wildman–Crippen LogP) is 3.24. The minimum atomic E-state index is -0.230. The first-order chi connectivity index (χ1) is 6.25. The van der Waals surface area contributed by atoms with E-state index in [-0.39, 0.29) is 5.82 Å². The molecule has 0 aliphatic heterocycles. The van der Waals surface area contributed by atoms with E-state index in [0.29, 0.717) is 5.03 Å². The number of thiol groups is 1. The van der Waals surface area contributed by atoms with Crippen molar-refractivity contribution in [3.05, 3.63) is 35.5 Å². The fourth-order valence-electron chi connectivity index (χ4n) is 0.990. The van der Waals surface area contributed by atoms with Crippen LogP contribution in [0.25, 0.3) is 10.6 Å². The zero-order valence-corrected chi connectivity index (χ0v) is 8.28. The number of hydrogen-bond acceptors (Lipinski definition) is 3. The van der Waals surface area contributed by atoms with Crippen LogP contribution in [-0.4, -0.2) is 4.98 Å². The van der Waals surface area contributed by atoms with Crippen LogP contribution < -0.4 is 0 Å². The van der Waals surface area contributed by atoms with Gasteiger partial charge in [-0.2, -0.15) is 0 Å². The van der Waals surface area contributed by atoms with Gasteiger partial charge in [-0.25, -0.2) is 9.37 Å². The Morgan fingerprint density at radius 1 is 1.23 bits per heavy atom. The molecule has 0 saturated heterocycles. The second-order valence-electron chi connectivity index (χ2n) is 2.52. The van der Waals surface area contributed by atoms with Crippen molar-refractivity contribution in [1.29, 1.82) is 0 Å². The van der Waals surface area contributed by atoms with E-state index >= 15 is 0 Å². The smallest absolute Gasteiger partial charge is 0.124 e. The molecular weight excluding hydrogens is 205 g/mol. The Kier molecular flexibility index (Phi) is 2.33. The molecule has 0 aliphatic carbocycles. The van der Waals surface area contributed by atoms with Crippen LogP contribution >= 0.6 is 24.0 Å². The quantitative estimate of drug-likeness (QED) is 0.714. The molecule has 0 atom stereocenters. The monoisotopic (exact) mass is 211 g/mol. The van der Waals surface area contributed by atoms with Gasteiger partial charge in [0.05, 0.1) is 0 Å². The molecule has 0 fully saturated rings. The van der Waals surface area contributed by atoms with Crippen molar-refractivity contribution < 1.29 is 4.39 Å². The number of rotatable bonds is 1. The fraction of sp³-hybridized carbons (Fsp3) is 0. The maximum absolute atomic E-state index is 12.6. The van der Waals surface area contributed by atoms with Crippen LogP contribution in [0.15, 0.2) is 34.7 Å². The summed E-state index contributed by atoms with van der Waals surface area (Å²) in [6.45, 7) is 0. The van der Waals surface area contributed by atoms with Crippen LogP contribution in [0.2, 0.25) is 0 Å². The maximum Gasteiger partial charge on any atom is 0.124 e. The van der Waals surface area contributed by atoms with E-state index in [9.17, 15) is 4.39 Å². The van der Waals surface area contributed by atoms with Gasteiger partial charge in [0.2, 0.25) is 0 Å². The fourth-order valence-corrected chi connectivity index (χ4v) is 2.01. The average Bonchev–Trinajstić information content (AvgIpc) is 2.53. The van der Waals surface area contributed by atoms with Crippen LogP contribution in [0.3, 0.4) is 0 Å². The molecule has 66 valence electrons. The van der Waals surface area contributed by atoms with Crippen molar-refractivity contribution in [2.75, 3.05) is 0 Å². The van der Waals surface area contributed by atoms with Crippen molar-refractivity contribution in [3.8, 4) is 10.6 Å². The Balaban J connectivity index is 2.41. The average molecular weight is 211 g/mol. The SMILES string of the molecule is Fc1ccc(-c2nc(S)cs2)cc1. The number of nitrogens with zero attached hydrogens (tertiary/aromatic N) is 1. The van der Waals surface area contributed by atoms with E-state index in [1.165, 1.54) is 23.5 Å². The van der Waals surface area contributed by atoms with Crippen LogP contribution in [0.1, 0.15) is 0 Å². The molecule has 0 bridgehead atoms. The molecule has 2 aromatic rings. The summed E-state index contributed by atoms with van der Waals surface area (Å²) in [5.41, 5.74) is 0.923. The first kappa shape index (κ1) is 8.72. The van der Waals surface area contributed by atoms with Gasteiger partial charge in [0.1, 0.15) is 15.9 Å². The van der Waals surface area contributed by atoms with Crippen LogP contribution in [0, 0.1) is 5.82 Å². The second kappa shape index (κ2) is 3.47. The highest BCUT2D eigenvalue weighted by molar-refractivity contribution is 7.80. The minimum absolute atomic E-state index is 0.230. The third kappa shape index (κ3) is 1.89. The standard InChI is InChI=1S/C9H6FNS2/c10-7-3-1-6(2-4-7)9-11-8(12)5-13-9/h1-5,12H. The Morgan fingerprint density at radius 3 is 2.46 bits per heavy atom. The largest absolute Gasteiger partial charge is 0.230 e. The zero-order chi connectivity index (χ0) is 9.26. The highest BCUT2D eigenvalue weighted by Crippen LogP contribution is 2.24. The summed E-state index contributed by atoms with van der Waals surface area (Å²) in [7, 11) is 0. The molecule has 13 heavy (non-hydrogen) atoms. The highest BCUT2D eigenvalue weighted by Gasteiger charge is 2.01. The van der Waals surface area contributed by atoms with E-state index in [1.807, 2.05) is 5.38 Å². The summed E-state index contributed by atoms with van der Waals surface area (Å²) >= 11 is 5.60. The molecule has 4 heteroatoms. The van der Waals surface area contributed by atoms with Gasteiger partial charge >= 0.3 is 0 Å². The topological polar surface area (TPSA) is 12.9 Å². The summed E-state index contributed by atoms with van der Waals surface area (Å²) in [6, 6.07) is 6.27. The van der Waals surface area contributed by atoms with Gasteiger partial charge in [0.25, 0.3) is 0 Å². The molecular formula is C9H6FNS2. The Morgan fingerprint density at radius 2 is 1.92 bits per heavy atom. The summed E-state index contributed by atoms with van der Waals surface area (Å²) in [4.78, 5) is 4.17. The van der Waals surface area contributed by atoms with Gasteiger partial charge in [-0.3, -0.25) is 0 Å². The van der Waals surface area contributed by atoms with Gasteiger partial charge in [0.15, 0.2) is 0 Å². The predicted molar refractivity (Wildman–Crippen MR) is 54.8 cm³/mol. The van der Waals surface area contributed by atoms with Crippen molar-refractivity contribution in [2.45, 2.75) is 5.03 Å². The molecule has 0 unspecified atom stereocenters. The summed E-state index contributed by atoms with van der Waals surface area (Å²) < 4.78 is 12.6. The van der Waals surface area contributed by atoms with Gasteiger partial charge in [0, 0.05) is 10.9 Å². The van der Waals surface area contributed by atoms with E-state index in [0.717, 1.165) is 10.6 Å². The molecule has 1 aromatic heterocycles. The molecule has 1 nitrogen and oxygen atoms in total. The number of benzene rings is 1. The lowest BCUT2D eigenvalue weighted by atomic mass is 10.2. The number of thiazole rings is 1. The molecule has 0 spiro atoms. The van der Waals surface area contributed by atoms with E-state index < -0.39 is 0 Å². The lowest BCUT2D eigenvalue weighted by Gasteiger charge is -1.94. The van der Waals surface area contributed by atoms with Gasteiger partial charge < -0.3 is 0 Å². The van der Waals surface area contributed by atoms with Crippen LogP contribution in [0.4, 0.5) is 4.39 Å². The molecule has 0 radical (unpaired) electrons. The highest BCUT2D eigenvalue weighted by atomic mass is 32.1. The molecule has 0 aliphatic rings. The Hall–Kier alpha value is -0.870. The lowest BCUT2D eigenvalue weighted by Crippen LogP contribution is -1.76. The molecule has 1 heterocycles. The number of halogens is 1. The van der Waals surface area contributed by atoms with Crippen molar-refractivity contribution in [1.82, 2.24) is 4.98 Å². The van der Waals surface area contributed by atoms with E-state index in [2.05, 4.69) is 17.6 Å². The zero-order valence-electron chi connectivity index (χ0n) is 6.57. The third-order valence-corrected chi connectivity index (χ3v) is 2.88. The maximum atomic E-state index is 12.6. The molecule has 0 amide bonds. The summed E-state index contributed by atoms with van der Waals surface area (Å²) in [5.74, 6) is -0.230. The molecule has 2 rings (SSSR count). The van der Waals surface area contributed by atoms with Crippen LogP contribution in [-0.2, 0) is 0 Å². The number of hydrogen-bond donors (Lipinski definition) is 1. The summed E-state index contributed by atoms with van der Waals surface area (Å²) in [5, 5.41) is 3.41. The second-order valence-corrected chi connectivity index (χ2v) is 3.83. The summed E-state index contributed by atoms with van der Waals surface area (Å²) in [6.07, 6.45) is 0. The minimum Gasteiger partial charge on any atom is -0.230 e. The lowest BCUT2D eigenvalue weighted by molar-refractivity contribution is 0.628. The van der Waals surface area contributed by atoms with E-state index in [4.69, 9.17) is 0 Å². The van der Waals surface area contributed by atoms with Crippen molar-refractivity contribution in [3.63, 3.8) is 0 Å². The van der Waals surface area contributed by atoms with Gasteiger partial charge in [-0.1, -0.05) is 0 Å². The Labute approximate surface area is 84.7 Å². The van der Waals surface area contributed by atoms with E-state index in [1.54, 1.807) is 12.1 Å². The Bertz CT molecular complexity index is 408. The molecule has 1 aromatic carbocycles. The third-order valence-electron chi connectivity index (χ3n) is 1.58. The van der Waals surface area contributed by atoms with Gasteiger partial charge in [-0.05, 0) is 24.3 Å². The first-order valence-electron chi connectivity index (χ1n) is 3.66. The van der Waals surface area contributed by atoms with Gasteiger partial charge in [-0.15, -0.1) is 24.0 Å². The molecule has 0 N–H and O–H groups in total. The molecule has 0 saturated carbocycles. The van der Waals surface area contributed by atoms with Crippen molar-refractivity contribution in [2.24, 2.45) is 0 Å². The van der Waals surface area contributed by atoms with Crippen molar-refractivity contribution >= 4 is 24.0 Å².